The van der Waals surface area contributed by atoms with E-state index in [0.29, 0.717) is 13.1 Å². The number of fused-ring (bicyclic) bond motifs is 1. The highest BCUT2D eigenvalue weighted by atomic mass is 32.1. The van der Waals surface area contributed by atoms with Gasteiger partial charge >= 0.3 is 6.09 Å². The largest absolute Gasteiger partial charge is 0.446 e. The lowest BCUT2D eigenvalue weighted by atomic mass is 9.94. The molecule has 4 aliphatic rings. The van der Waals surface area contributed by atoms with Crippen LogP contribution in [0.1, 0.15) is 48.2 Å². The van der Waals surface area contributed by atoms with Crippen molar-refractivity contribution in [3.63, 3.8) is 0 Å². The van der Waals surface area contributed by atoms with Crippen LogP contribution in [-0.4, -0.2) is 66.4 Å². The van der Waals surface area contributed by atoms with Gasteiger partial charge in [0.15, 0.2) is 0 Å². The summed E-state index contributed by atoms with van der Waals surface area (Å²) in [6, 6.07) is 4.62. The van der Waals surface area contributed by atoms with Gasteiger partial charge in [-0.25, -0.2) is 4.79 Å². The molecule has 0 unspecified atom stereocenters. The Morgan fingerprint density at radius 2 is 1.97 bits per heavy atom. The lowest BCUT2D eigenvalue weighted by Crippen LogP contribution is -2.37. The van der Waals surface area contributed by atoms with E-state index >= 15 is 0 Å². The number of aromatic nitrogens is 1. The number of rotatable bonds is 5. The fraction of sp³-hybridized carbons (Fsp3) is 0.500. The fourth-order valence-corrected chi connectivity index (χ4v) is 6.49. The molecule has 0 bridgehead atoms. The van der Waals surface area contributed by atoms with Crippen LogP contribution >= 0.6 is 11.3 Å². The number of morpholine rings is 1. The van der Waals surface area contributed by atoms with E-state index in [-0.39, 0.29) is 12.2 Å². The van der Waals surface area contributed by atoms with Gasteiger partial charge in [-0.1, -0.05) is 12.2 Å². The zero-order valence-corrected chi connectivity index (χ0v) is 21.0. The molecule has 2 fully saturated rings. The number of nitrogens with zero attached hydrogens (tertiary/aromatic N) is 3. The van der Waals surface area contributed by atoms with E-state index in [4.69, 9.17) is 14.5 Å². The molecular weight excluding hydrogens is 458 g/mol. The molecule has 0 spiro atoms. The molecule has 35 heavy (non-hydrogen) atoms. The van der Waals surface area contributed by atoms with E-state index in [1.807, 2.05) is 22.4 Å². The number of allylic oxidation sites excluding steroid dienone is 2. The topological polar surface area (TPSA) is 54.9 Å². The molecule has 6 rings (SSSR count). The Hall–Kier alpha value is -2.48. The maximum Gasteiger partial charge on any atom is 0.410 e. The number of carbonyl (C=O) groups excluding carboxylic acids is 1. The molecule has 7 heteroatoms. The minimum Gasteiger partial charge on any atom is -0.446 e. The first kappa shape index (κ1) is 23.0. The predicted molar refractivity (Wildman–Crippen MR) is 138 cm³/mol. The van der Waals surface area contributed by atoms with Crippen LogP contribution in [0.2, 0.25) is 0 Å². The Balaban J connectivity index is 1.13. The van der Waals surface area contributed by atoms with Crippen LogP contribution in [0.25, 0.3) is 16.7 Å². The molecule has 0 atom stereocenters. The number of hydrogen-bond donors (Lipinski definition) is 0. The van der Waals surface area contributed by atoms with Gasteiger partial charge in [-0.3, -0.25) is 9.88 Å². The van der Waals surface area contributed by atoms with Gasteiger partial charge in [0.25, 0.3) is 0 Å². The zero-order chi connectivity index (χ0) is 23.6. The molecule has 0 aromatic carbocycles. The van der Waals surface area contributed by atoms with Crippen molar-refractivity contribution in [1.82, 2.24) is 14.8 Å². The fourth-order valence-electron chi connectivity index (χ4n) is 5.56. The maximum atomic E-state index is 12.6. The maximum absolute atomic E-state index is 12.6. The Morgan fingerprint density at radius 1 is 1.11 bits per heavy atom. The van der Waals surface area contributed by atoms with Crippen molar-refractivity contribution >= 4 is 23.0 Å². The summed E-state index contributed by atoms with van der Waals surface area (Å²) < 4.78 is 11.2. The summed E-state index contributed by atoms with van der Waals surface area (Å²) in [5.41, 5.74) is 7.44. The Kier molecular flexibility index (Phi) is 6.72. The van der Waals surface area contributed by atoms with Crippen LogP contribution in [0.4, 0.5) is 4.79 Å². The van der Waals surface area contributed by atoms with Crippen molar-refractivity contribution in [3.05, 3.63) is 57.6 Å². The molecule has 0 N–H and O–H groups in total. The van der Waals surface area contributed by atoms with E-state index in [1.165, 1.54) is 45.6 Å². The summed E-state index contributed by atoms with van der Waals surface area (Å²) in [6.07, 6.45) is 12.6. The molecule has 184 valence electrons. The second-order valence-electron chi connectivity index (χ2n) is 9.95. The third-order valence-corrected chi connectivity index (χ3v) is 8.53. The summed E-state index contributed by atoms with van der Waals surface area (Å²) in [5.74, 6) is 0. The van der Waals surface area contributed by atoms with Gasteiger partial charge in [0.05, 0.1) is 18.9 Å². The third kappa shape index (κ3) is 5.08. The molecule has 4 heterocycles. The lowest BCUT2D eigenvalue weighted by molar-refractivity contribution is 0.0346. The first-order valence-corrected chi connectivity index (χ1v) is 13.8. The van der Waals surface area contributed by atoms with E-state index in [1.54, 1.807) is 0 Å². The minimum atomic E-state index is -0.151. The van der Waals surface area contributed by atoms with Crippen molar-refractivity contribution in [2.24, 2.45) is 0 Å². The average molecular weight is 492 g/mol. The molecule has 2 aliphatic heterocycles. The van der Waals surface area contributed by atoms with Crippen molar-refractivity contribution < 1.29 is 14.3 Å². The molecule has 2 aromatic rings. The molecule has 1 saturated heterocycles. The normalized spacial score (nSPS) is 21.1. The zero-order valence-electron chi connectivity index (χ0n) is 20.2. The van der Waals surface area contributed by atoms with Gasteiger partial charge in [0.2, 0.25) is 0 Å². The van der Waals surface area contributed by atoms with E-state index in [0.717, 1.165) is 64.2 Å². The third-order valence-electron chi connectivity index (χ3n) is 7.61. The number of ether oxygens (including phenoxy) is 2. The van der Waals surface area contributed by atoms with Gasteiger partial charge < -0.3 is 14.4 Å². The first-order valence-electron chi connectivity index (χ1n) is 13.0. The van der Waals surface area contributed by atoms with Crippen molar-refractivity contribution in [2.75, 3.05) is 39.4 Å². The van der Waals surface area contributed by atoms with E-state index in [9.17, 15) is 4.79 Å². The number of thiophene rings is 1. The number of amides is 1. The van der Waals surface area contributed by atoms with Crippen molar-refractivity contribution in [3.8, 4) is 11.1 Å². The summed E-state index contributed by atoms with van der Waals surface area (Å²) in [7, 11) is 0. The average Bonchev–Trinajstić information content (AvgIpc) is 3.66. The predicted octanol–water partition coefficient (Wildman–Crippen LogP) is 5.29. The minimum absolute atomic E-state index is 0.119. The Labute approximate surface area is 211 Å². The van der Waals surface area contributed by atoms with Crippen LogP contribution in [-0.2, 0) is 22.4 Å². The van der Waals surface area contributed by atoms with E-state index < -0.39 is 0 Å². The Bertz CT molecular complexity index is 1140. The highest BCUT2D eigenvalue weighted by Crippen LogP contribution is 2.37. The van der Waals surface area contributed by atoms with Crippen LogP contribution in [0.15, 0.2) is 41.4 Å². The molecular formula is C28H33N3O3S. The molecule has 1 saturated carbocycles. The number of carbonyl (C=O) groups is 1. The summed E-state index contributed by atoms with van der Waals surface area (Å²) in [5, 5.41) is 2.26. The summed E-state index contributed by atoms with van der Waals surface area (Å²) in [6.45, 7) is 6.00. The van der Waals surface area contributed by atoms with E-state index in [2.05, 4.69) is 34.6 Å². The monoisotopic (exact) mass is 491 g/mol. The molecule has 0 radical (unpaired) electrons. The second kappa shape index (κ2) is 10.2. The van der Waals surface area contributed by atoms with Gasteiger partial charge in [0, 0.05) is 61.3 Å². The van der Waals surface area contributed by atoms with Crippen molar-refractivity contribution in [1.29, 1.82) is 0 Å². The van der Waals surface area contributed by atoms with Crippen LogP contribution in [0, 0.1) is 0 Å². The SMILES string of the molecule is O=C(OC1CCCC1)N1CC=C(C2=CCc3ncc(-c4csc(CN5CCOCC5)c4)cc32)CC1. The second-order valence-corrected chi connectivity index (χ2v) is 10.9. The smallest absolute Gasteiger partial charge is 0.410 e. The van der Waals surface area contributed by atoms with Crippen LogP contribution < -0.4 is 0 Å². The Morgan fingerprint density at radius 3 is 2.77 bits per heavy atom. The molecule has 2 aromatic heterocycles. The van der Waals surface area contributed by atoms with Crippen molar-refractivity contribution in [2.45, 2.75) is 51.2 Å². The number of hydrogen-bond acceptors (Lipinski definition) is 6. The van der Waals surface area contributed by atoms with Gasteiger partial charge in [-0.05, 0) is 66.3 Å². The first-order chi connectivity index (χ1) is 17.2. The molecule has 6 nitrogen and oxygen atoms in total. The van der Waals surface area contributed by atoms with Gasteiger partial charge in [-0.2, -0.15) is 0 Å². The van der Waals surface area contributed by atoms with Crippen LogP contribution in [0.3, 0.4) is 0 Å². The number of pyridine rings is 1. The standard InChI is InChI=1S/C28H33N3O3S/c32-28(34-23-3-1-2-4-23)31-9-7-20(8-10-31)25-5-6-27-26(25)16-21(17-29-27)22-15-24(35-19-22)18-30-11-13-33-14-12-30/h5,7,15-17,19,23H,1-4,6,8-14,18H2. The highest BCUT2D eigenvalue weighted by molar-refractivity contribution is 7.10. The molecule has 1 amide bonds. The van der Waals surface area contributed by atoms with Crippen LogP contribution in [0.5, 0.6) is 0 Å². The lowest BCUT2D eigenvalue weighted by Gasteiger charge is -2.27. The van der Waals surface area contributed by atoms with Gasteiger partial charge in [0.1, 0.15) is 6.10 Å². The summed E-state index contributed by atoms with van der Waals surface area (Å²) >= 11 is 1.83. The highest BCUT2D eigenvalue weighted by Gasteiger charge is 2.27. The summed E-state index contributed by atoms with van der Waals surface area (Å²) in [4.78, 5) is 23.1. The van der Waals surface area contributed by atoms with Gasteiger partial charge in [-0.15, -0.1) is 11.3 Å². The quantitative estimate of drug-likeness (QED) is 0.569. The molecule has 2 aliphatic carbocycles.